The molecule has 162 valence electrons. The molecule has 1 aromatic carbocycles. The van der Waals surface area contributed by atoms with Crippen molar-refractivity contribution in [2.45, 2.75) is 63.9 Å². The monoisotopic (exact) mass is 452 g/mol. The van der Waals surface area contributed by atoms with E-state index in [1.54, 1.807) is 27.7 Å². The number of aromatic nitrogens is 4. The minimum Gasteiger partial charge on any atom is -0.268 e. The summed E-state index contributed by atoms with van der Waals surface area (Å²) in [5.41, 5.74) is 2.13. The van der Waals surface area contributed by atoms with Crippen LogP contribution in [0.3, 0.4) is 0 Å². The zero-order valence-electron chi connectivity index (χ0n) is 18.1. The maximum absolute atomic E-state index is 13.8. The van der Waals surface area contributed by atoms with E-state index in [0.29, 0.717) is 11.7 Å². The van der Waals surface area contributed by atoms with Crippen LogP contribution in [-0.2, 0) is 12.8 Å². The Bertz CT molecular complexity index is 1270. The van der Waals surface area contributed by atoms with Crippen LogP contribution in [0.1, 0.15) is 56.4 Å². The summed E-state index contributed by atoms with van der Waals surface area (Å²) in [4.78, 5) is 16.2. The number of thiophene rings is 1. The van der Waals surface area contributed by atoms with E-state index in [-0.39, 0.29) is 5.56 Å². The van der Waals surface area contributed by atoms with Gasteiger partial charge in [0.15, 0.2) is 5.16 Å². The number of thioether (sulfide) groups is 1. The van der Waals surface area contributed by atoms with Crippen molar-refractivity contribution in [3.05, 3.63) is 51.1 Å². The van der Waals surface area contributed by atoms with Gasteiger partial charge in [0.1, 0.15) is 4.83 Å². The second kappa shape index (κ2) is 8.79. The Hall–Kier alpha value is -2.12. The summed E-state index contributed by atoms with van der Waals surface area (Å²) >= 11 is 3.53. The molecule has 0 N–H and O–H groups in total. The molecule has 0 radical (unpaired) electrons. The van der Waals surface area contributed by atoms with Crippen molar-refractivity contribution in [2.24, 2.45) is 5.92 Å². The smallest absolute Gasteiger partial charge is 0.268 e. The highest BCUT2D eigenvalue weighted by Gasteiger charge is 2.27. The Morgan fingerprint density at radius 3 is 2.81 bits per heavy atom. The number of para-hydroxylation sites is 1. The maximum Gasteiger partial charge on any atom is 0.268 e. The first kappa shape index (κ1) is 20.8. The van der Waals surface area contributed by atoms with Crippen LogP contribution in [0.15, 0.2) is 40.3 Å². The highest BCUT2D eigenvalue weighted by atomic mass is 32.2. The van der Waals surface area contributed by atoms with Crippen molar-refractivity contribution in [3.8, 4) is 5.69 Å². The van der Waals surface area contributed by atoms with E-state index in [1.165, 1.54) is 36.1 Å². The maximum atomic E-state index is 13.8. The van der Waals surface area contributed by atoms with Crippen LogP contribution < -0.4 is 5.56 Å². The molecule has 1 aliphatic carbocycles. The Morgan fingerprint density at radius 2 is 2.00 bits per heavy atom. The number of hydrogen-bond acceptors (Lipinski definition) is 5. The molecule has 0 bridgehead atoms. The lowest BCUT2D eigenvalue weighted by molar-refractivity contribution is 0.509. The third-order valence-electron chi connectivity index (χ3n) is 6.17. The zero-order chi connectivity index (χ0) is 21.4. The lowest BCUT2D eigenvalue weighted by Gasteiger charge is -2.17. The second-order valence-corrected chi connectivity index (χ2v) is 10.7. The fourth-order valence-electron chi connectivity index (χ4n) is 4.50. The Kier molecular flexibility index (Phi) is 5.89. The molecule has 7 heteroatoms. The summed E-state index contributed by atoms with van der Waals surface area (Å²) < 4.78 is 3.89. The third-order valence-corrected chi connectivity index (χ3v) is 8.43. The molecule has 1 aliphatic rings. The van der Waals surface area contributed by atoms with Crippen molar-refractivity contribution in [1.82, 2.24) is 19.2 Å². The van der Waals surface area contributed by atoms with Gasteiger partial charge >= 0.3 is 0 Å². The standard InChI is InChI=1S/C24H28N4OS2/c1-3-4-5-9-14-30-24-26-25-23-27(17-10-7-6-8-11-17)21(29)20-18-13-12-16(2)15-19(18)31-22(20)28(23)24/h6-8,10-11,16H,3-5,9,12-15H2,1-2H3/t16-/m0/s1. The summed E-state index contributed by atoms with van der Waals surface area (Å²) in [5, 5.41) is 10.8. The topological polar surface area (TPSA) is 52.2 Å². The van der Waals surface area contributed by atoms with Crippen LogP contribution in [0.5, 0.6) is 0 Å². The van der Waals surface area contributed by atoms with Gasteiger partial charge in [-0.15, -0.1) is 21.5 Å². The molecule has 0 saturated heterocycles. The largest absolute Gasteiger partial charge is 0.268 e. The van der Waals surface area contributed by atoms with Gasteiger partial charge in [-0.1, -0.05) is 63.1 Å². The van der Waals surface area contributed by atoms with Crippen LogP contribution >= 0.6 is 23.1 Å². The molecule has 3 aromatic heterocycles. The molecule has 0 aliphatic heterocycles. The molecule has 1 atom stereocenters. The van der Waals surface area contributed by atoms with Crippen molar-refractivity contribution in [2.75, 3.05) is 5.75 Å². The fraction of sp³-hybridized carbons (Fsp3) is 0.458. The van der Waals surface area contributed by atoms with Crippen LogP contribution in [0.4, 0.5) is 0 Å². The van der Waals surface area contributed by atoms with Gasteiger partial charge in [0.25, 0.3) is 5.56 Å². The second-order valence-electron chi connectivity index (χ2n) is 8.54. The first-order valence-electron chi connectivity index (χ1n) is 11.3. The summed E-state index contributed by atoms with van der Waals surface area (Å²) in [5.74, 6) is 2.31. The molecule has 31 heavy (non-hydrogen) atoms. The van der Waals surface area contributed by atoms with E-state index in [9.17, 15) is 4.79 Å². The molecule has 0 spiro atoms. The highest BCUT2D eigenvalue weighted by Crippen LogP contribution is 2.38. The lowest BCUT2D eigenvalue weighted by Crippen LogP contribution is -2.22. The molecule has 5 nitrogen and oxygen atoms in total. The van der Waals surface area contributed by atoms with E-state index in [4.69, 9.17) is 0 Å². The van der Waals surface area contributed by atoms with Gasteiger partial charge in [0.05, 0.1) is 11.1 Å². The summed E-state index contributed by atoms with van der Waals surface area (Å²) in [6.45, 7) is 4.54. The Balaban J connectivity index is 1.71. The molecule has 0 saturated carbocycles. The van der Waals surface area contributed by atoms with Crippen molar-refractivity contribution in [3.63, 3.8) is 0 Å². The summed E-state index contributed by atoms with van der Waals surface area (Å²) in [6.07, 6.45) is 8.11. The van der Waals surface area contributed by atoms with Gasteiger partial charge in [-0.2, -0.15) is 0 Å². The zero-order valence-corrected chi connectivity index (χ0v) is 19.8. The van der Waals surface area contributed by atoms with Gasteiger partial charge < -0.3 is 0 Å². The molecule has 0 unspecified atom stereocenters. The molecular formula is C24H28N4OS2. The normalized spacial score (nSPS) is 16.3. The minimum atomic E-state index is 0.0349. The first-order chi connectivity index (χ1) is 15.2. The summed E-state index contributed by atoms with van der Waals surface area (Å²) in [7, 11) is 0. The fourth-order valence-corrected chi connectivity index (χ4v) is 6.99. The Labute approximate surface area is 190 Å². The third kappa shape index (κ3) is 3.72. The van der Waals surface area contributed by atoms with Gasteiger partial charge in [0.2, 0.25) is 5.78 Å². The van der Waals surface area contributed by atoms with Gasteiger partial charge in [-0.3, -0.25) is 4.79 Å². The van der Waals surface area contributed by atoms with E-state index >= 15 is 0 Å². The number of fused-ring (bicyclic) bond motifs is 5. The van der Waals surface area contributed by atoms with E-state index < -0.39 is 0 Å². The lowest BCUT2D eigenvalue weighted by atomic mass is 9.89. The molecule has 4 aromatic rings. The minimum absolute atomic E-state index is 0.0349. The molecule has 0 amide bonds. The van der Waals surface area contributed by atoms with E-state index in [2.05, 4.69) is 28.4 Å². The predicted molar refractivity (Wildman–Crippen MR) is 130 cm³/mol. The molecule has 0 fully saturated rings. The van der Waals surface area contributed by atoms with E-state index in [1.807, 2.05) is 30.3 Å². The quantitative estimate of drug-likeness (QED) is 0.259. The van der Waals surface area contributed by atoms with Gasteiger partial charge in [-0.05, 0) is 49.3 Å². The number of nitrogens with zero attached hydrogens (tertiary/aromatic N) is 4. The number of rotatable bonds is 7. The van der Waals surface area contributed by atoms with E-state index in [0.717, 1.165) is 46.1 Å². The Morgan fingerprint density at radius 1 is 1.16 bits per heavy atom. The molecule has 3 heterocycles. The first-order valence-corrected chi connectivity index (χ1v) is 13.1. The van der Waals surface area contributed by atoms with Gasteiger partial charge in [0, 0.05) is 10.6 Å². The van der Waals surface area contributed by atoms with Crippen LogP contribution in [0, 0.1) is 5.92 Å². The average Bonchev–Trinajstić information content (AvgIpc) is 3.35. The number of unbranched alkanes of at least 4 members (excludes halogenated alkanes) is 3. The molecular weight excluding hydrogens is 424 g/mol. The highest BCUT2D eigenvalue weighted by molar-refractivity contribution is 7.99. The van der Waals surface area contributed by atoms with Crippen LogP contribution in [0.2, 0.25) is 0 Å². The SMILES string of the molecule is CCCCCCSc1nnc2n(-c3ccccc3)c(=O)c3c4c(sc3n12)C[C@@H](C)CC4. The number of hydrogen-bond donors (Lipinski definition) is 0. The van der Waals surface area contributed by atoms with Gasteiger partial charge in [-0.25, -0.2) is 8.97 Å². The van der Waals surface area contributed by atoms with Crippen molar-refractivity contribution >= 4 is 39.1 Å². The number of benzene rings is 1. The van der Waals surface area contributed by atoms with Crippen molar-refractivity contribution in [1.29, 1.82) is 0 Å². The molecule has 5 rings (SSSR count). The van der Waals surface area contributed by atoms with Crippen LogP contribution in [0.25, 0.3) is 21.7 Å². The van der Waals surface area contributed by atoms with Crippen molar-refractivity contribution < 1.29 is 0 Å². The predicted octanol–water partition coefficient (Wildman–Crippen LogP) is 5.89. The number of aryl methyl sites for hydroxylation is 1. The average molecular weight is 453 g/mol. The summed E-state index contributed by atoms with van der Waals surface area (Å²) in [6, 6.07) is 9.85. The van der Waals surface area contributed by atoms with Crippen LogP contribution in [-0.4, -0.2) is 24.9 Å².